The number of H-pyrrole nitrogens is 1. The molecule has 0 saturated carbocycles. The van der Waals surface area contributed by atoms with Crippen LogP contribution in [-0.4, -0.2) is 21.0 Å². The second kappa shape index (κ2) is 4.16. The van der Waals surface area contributed by atoms with Gasteiger partial charge in [-0.25, -0.2) is 9.37 Å². The number of aromatic amines is 1. The molecule has 17 heavy (non-hydrogen) atoms. The van der Waals surface area contributed by atoms with Crippen LogP contribution in [-0.2, 0) is 4.79 Å². The number of carboxylic acids is 1. The first-order valence-corrected chi connectivity index (χ1v) is 5.41. The number of imidazole rings is 1. The van der Waals surface area contributed by atoms with Crippen LogP contribution in [0.1, 0.15) is 30.7 Å². The zero-order chi connectivity index (χ0) is 12.6. The second-order valence-corrected chi connectivity index (χ2v) is 4.04. The number of carboxylic acid groups (broad SMARTS) is 1. The van der Waals surface area contributed by atoms with E-state index in [9.17, 15) is 9.18 Å². The van der Waals surface area contributed by atoms with Gasteiger partial charge in [0.15, 0.2) is 0 Å². The lowest BCUT2D eigenvalue weighted by Crippen LogP contribution is -2.11. The number of halogens is 1. The summed E-state index contributed by atoms with van der Waals surface area (Å²) in [6.45, 7) is 3.43. The van der Waals surface area contributed by atoms with Crippen LogP contribution < -0.4 is 0 Å². The molecule has 5 heteroatoms. The molecule has 2 aromatic rings. The molecule has 0 aliphatic heterocycles. The number of rotatable bonds is 3. The van der Waals surface area contributed by atoms with E-state index in [1.807, 2.05) is 0 Å². The number of carbonyl (C=O) groups is 1. The summed E-state index contributed by atoms with van der Waals surface area (Å²) >= 11 is 0. The quantitative estimate of drug-likeness (QED) is 0.860. The van der Waals surface area contributed by atoms with Gasteiger partial charge in [0.1, 0.15) is 17.6 Å². The lowest BCUT2D eigenvalue weighted by atomic mass is 10.1. The number of hydrogen-bond donors (Lipinski definition) is 2. The fourth-order valence-electron chi connectivity index (χ4n) is 1.81. The lowest BCUT2D eigenvalue weighted by Gasteiger charge is -2.04. The maximum absolute atomic E-state index is 13.3. The molecule has 1 atom stereocenters. The lowest BCUT2D eigenvalue weighted by molar-refractivity contribution is -0.139. The molecular formula is C12H13FN2O2. The van der Waals surface area contributed by atoms with Crippen molar-refractivity contribution in [3.8, 4) is 0 Å². The van der Waals surface area contributed by atoms with Crippen molar-refractivity contribution in [2.75, 3.05) is 0 Å². The predicted octanol–water partition coefficient (Wildman–Crippen LogP) is 2.59. The number of hydrogen-bond acceptors (Lipinski definition) is 2. The molecular weight excluding hydrogens is 223 g/mol. The Kier molecular flexibility index (Phi) is 2.83. The summed E-state index contributed by atoms with van der Waals surface area (Å²) in [5.74, 6) is -1.56. The van der Waals surface area contributed by atoms with Gasteiger partial charge in [-0.05, 0) is 25.0 Å². The van der Waals surface area contributed by atoms with Gasteiger partial charge in [0.2, 0.25) is 0 Å². The molecule has 2 rings (SSSR count). The standard InChI is InChI=1S/C12H13FN2O2/c1-3-7(12(16)17)11-14-9-4-6(2)8(13)5-10(9)15-11/h4-5,7H,3H2,1-2H3,(H,14,15)(H,16,17). The topological polar surface area (TPSA) is 66.0 Å². The van der Waals surface area contributed by atoms with Gasteiger partial charge in [0.25, 0.3) is 0 Å². The van der Waals surface area contributed by atoms with Crippen molar-refractivity contribution in [3.05, 3.63) is 29.3 Å². The predicted molar refractivity (Wildman–Crippen MR) is 61.5 cm³/mol. The largest absolute Gasteiger partial charge is 0.481 e. The van der Waals surface area contributed by atoms with Crippen molar-refractivity contribution in [2.45, 2.75) is 26.2 Å². The van der Waals surface area contributed by atoms with Crippen molar-refractivity contribution in [2.24, 2.45) is 0 Å². The first-order valence-electron chi connectivity index (χ1n) is 5.41. The molecule has 4 nitrogen and oxygen atoms in total. The first kappa shape index (κ1) is 11.6. The molecule has 0 amide bonds. The SMILES string of the molecule is CCC(C(=O)O)c1nc2cc(F)c(C)cc2[nH]1. The number of nitrogens with zero attached hydrogens (tertiary/aromatic N) is 1. The van der Waals surface area contributed by atoms with E-state index in [0.29, 0.717) is 28.8 Å². The van der Waals surface area contributed by atoms with Crippen molar-refractivity contribution >= 4 is 17.0 Å². The summed E-state index contributed by atoms with van der Waals surface area (Å²) in [6.07, 6.45) is 0.441. The summed E-state index contributed by atoms with van der Waals surface area (Å²) in [5, 5.41) is 9.03. The summed E-state index contributed by atoms with van der Waals surface area (Å²) in [5.41, 5.74) is 1.64. The fourth-order valence-corrected chi connectivity index (χ4v) is 1.81. The molecule has 0 bridgehead atoms. The monoisotopic (exact) mass is 236 g/mol. The zero-order valence-corrected chi connectivity index (χ0v) is 9.62. The molecule has 90 valence electrons. The average molecular weight is 236 g/mol. The van der Waals surface area contributed by atoms with Gasteiger partial charge in [-0.3, -0.25) is 4.79 Å². The summed E-state index contributed by atoms with van der Waals surface area (Å²) in [4.78, 5) is 18.1. The van der Waals surface area contributed by atoms with E-state index in [2.05, 4.69) is 9.97 Å². The highest BCUT2D eigenvalue weighted by Gasteiger charge is 2.21. The van der Waals surface area contributed by atoms with Gasteiger partial charge in [-0.15, -0.1) is 0 Å². The normalized spacial score (nSPS) is 12.9. The molecule has 1 heterocycles. The molecule has 0 aliphatic rings. The number of aryl methyl sites for hydroxylation is 1. The molecule has 0 spiro atoms. The second-order valence-electron chi connectivity index (χ2n) is 4.04. The average Bonchev–Trinajstić information content (AvgIpc) is 2.61. The molecule has 0 aliphatic carbocycles. The number of aromatic nitrogens is 2. The molecule has 1 aromatic carbocycles. The number of benzene rings is 1. The summed E-state index contributed by atoms with van der Waals surface area (Å²) in [6, 6.07) is 2.95. The van der Waals surface area contributed by atoms with E-state index in [1.165, 1.54) is 6.07 Å². The summed E-state index contributed by atoms with van der Waals surface area (Å²) < 4.78 is 13.3. The van der Waals surface area contributed by atoms with Gasteiger partial charge in [0.05, 0.1) is 11.0 Å². The highest BCUT2D eigenvalue weighted by atomic mass is 19.1. The third-order valence-electron chi connectivity index (χ3n) is 2.82. The Morgan fingerprint density at radius 3 is 2.88 bits per heavy atom. The van der Waals surface area contributed by atoms with Crippen LogP contribution in [0.2, 0.25) is 0 Å². The minimum atomic E-state index is -0.927. The highest BCUT2D eigenvalue weighted by Crippen LogP contribution is 2.22. The third kappa shape index (κ3) is 2.00. The Morgan fingerprint density at radius 1 is 1.59 bits per heavy atom. The van der Waals surface area contributed by atoms with E-state index in [1.54, 1.807) is 19.9 Å². The van der Waals surface area contributed by atoms with Crippen LogP contribution in [0.25, 0.3) is 11.0 Å². The summed E-state index contributed by atoms with van der Waals surface area (Å²) in [7, 11) is 0. The number of nitrogens with one attached hydrogen (secondary N) is 1. The maximum Gasteiger partial charge on any atom is 0.314 e. The van der Waals surface area contributed by atoms with Crippen LogP contribution in [0.3, 0.4) is 0 Å². The van der Waals surface area contributed by atoms with Crippen molar-refractivity contribution in [1.82, 2.24) is 9.97 Å². The van der Waals surface area contributed by atoms with E-state index in [4.69, 9.17) is 5.11 Å². The van der Waals surface area contributed by atoms with Crippen molar-refractivity contribution in [3.63, 3.8) is 0 Å². The van der Waals surface area contributed by atoms with Crippen molar-refractivity contribution in [1.29, 1.82) is 0 Å². The van der Waals surface area contributed by atoms with Gasteiger partial charge in [-0.2, -0.15) is 0 Å². The zero-order valence-electron chi connectivity index (χ0n) is 9.62. The van der Waals surface area contributed by atoms with E-state index < -0.39 is 11.9 Å². The molecule has 0 saturated heterocycles. The van der Waals surface area contributed by atoms with Crippen LogP contribution >= 0.6 is 0 Å². The van der Waals surface area contributed by atoms with E-state index in [0.717, 1.165) is 0 Å². The molecule has 1 unspecified atom stereocenters. The van der Waals surface area contributed by atoms with Gasteiger partial charge in [-0.1, -0.05) is 6.92 Å². The Labute approximate surface area is 97.5 Å². The van der Waals surface area contributed by atoms with Crippen LogP contribution in [0.5, 0.6) is 0 Å². The Balaban J connectivity index is 2.54. The van der Waals surface area contributed by atoms with Gasteiger partial charge < -0.3 is 10.1 Å². The fraction of sp³-hybridized carbons (Fsp3) is 0.333. The van der Waals surface area contributed by atoms with Crippen LogP contribution in [0, 0.1) is 12.7 Å². The minimum Gasteiger partial charge on any atom is -0.481 e. The minimum absolute atomic E-state index is 0.334. The van der Waals surface area contributed by atoms with Crippen LogP contribution in [0.15, 0.2) is 12.1 Å². The van der Waals surface area contributed by atoms with Crippen molar-refractivity contribution < 1.29 is 14.3 Å². The molecule has 0 fully saturated rings. The van der Waals surface area contributed by atoms with E-state index in [-0.39, 0.29) is 5.82 Å². The van der Waals surface area contributed by atoms with Gasteiger partial charge >= 0.3 is 5.97 Å². The molecule has 0 radical (unpaired) electrons. The number of aliphatic carboxylic acids is 1. The Bertz CT molecular complexity index is 538. The van der Waals surface area contributed by atoms with Crippen LogP contribution in [0.4, 0.5) is 4.39 Å². The first-order chi connectivity index (χ1) is 8.02. The maximum atomic E-state index is 13.3. The van der Waals surface area contributed by atoms with Gasteiger partial charge in [0, 0.05) is 6.07 Å². The Morgan fingerprint density at radius 2 is 2.29 bits per heavy atom. The highest BCUT2D eigenvalue weighted by molar-refractivity contribution is 5.80. The number of fused-ring (bicyclic) bond motifs is 1. The third-order valence-corrected chi connectivity index (χ3v) is 2.82. The Hall–Kier alpha value is -1.91. The van der Waals surface area contributed by atoms with E-state index >= 15 is 0 Å². The molecule has 1 aromatic heterocycles. The molecule has 2 N–H and O–H groups in total. The smallest absolute Gasteiger partial charge is 0.314 e.